The lowest BCUT2D eigenvalue weighted by molar-refractivity contribution is 0.0383. The van der Waals surface area contributed by atoms with Crippen molar-refractivity contribution in [3.05, 3.63) is 71.7 Å². The predicted octanol–water partition coefficient (Wildman–Crippen LogP) is 3.28. The largest absolute Gasteiger partial charge is 0.458 e. The molecule has 2 aromatic carbocycles. The fourth-order valence-electron chi connectivity index (χ4n) is 2.43. The van der Waals surface area contributed by atoms with Gasteiger partial charge in [0.15, 0.2) is 0 Å². The van der Waals surface area contributed by atoms with E-state index >= 15 is 0 Å². The third kappa shape index (κ3) is 4.16. The van der Waals surface area contributed by atoms with E-state index in [1.807, 2.05) is 24.3 Å². The first kappa shape index (κ1) is 17.0. The Labute approximate surface area is 144 Å². The van der Waals surface area contributed by atoms with Gasteiger partial charge < -0.3 is 20.2 Å². The van der Waals surface area contributed by atoms with Crippen LogP contribution in [0.4, 0.5) is 9.18 Å². The molecule has 130 valence electrons. The van der Waals surface area contributed by atoms with Crippen LogP contribution >= 0.6 is 0 Å². The summed E-state index contributed by atoms with van der Waals surface area (Å²) in [5.74, 6) is 0.0580. The van der Waals surface area contributed by atoms with Crippen LogP contribution in [0, 0.1) is 5.82 Å². The van der Waals surface area contributed by atoms with E-state index in [0.29, 0.717) is 11.3 Å². The van der Waals surface area contributed by atoms with Gasteiger partial charge in [-0.25, -0.2) is 9.18 Å². The zero-order valence-electron chi connectivity index (χ0n) is 13.8. The molecule has 25 heavy (non-hydrogen) atoms. The molecule has 2 amide bonds. The summed E-state index contributed by atoms with van der Waals surface area (Å²) in [6.45, 7) is 1.83. The number of aliphatic hydroxyl groups is 1. The van der Waals surface area contributed by atoms with Crippen LogP contribution in [0.2, 0.25) is 0 Å². The van der Waals surface area contributed by atoms with Crippen molar-refractivity contribution in [1.82, 2.24) is 10.6 Å². The highest BCUT2D eigenvalue weighted by molar-refractivity contribution is 5.78. The fourth-order valence-corrected chi connectivity index (χ4v) is 2.43. The molecule has 0 aliphatic carbocycles. The first-order chi connectivity index (χ1) is 11.9. The Morgan fingerprint density at radius 3 is 2.60 bits per heavy atom. The molecular weight excluding hydrogens is 323 g/mol. The van der Waals surface area contributed by atoms with Gasteiger partial charge >= 0.3 is 6.03 Å². The number of benzene rings is 2. The quantitative estimate of drug-likeness (QED) is 0.666. The molecule has 0 radical (unpaired) electrons. The van der Waals surface area contributed by atoms with Gasteiger partial charge in [0, 0.05) is 11.9 Å². The van der Waals surface area contributed by atoms with Crippen molar-refractivity contribution in [3.8, 4) is 0 Å². The standard InChI is InChI=1S/C19H19FN2O3/c1-19(24,17-10-14-4-2-3-5-16(14)25-17)12-22-18(23)21-11-13-6-8-15(20)9-7-13/h2-10,24H,11-12H2,1H3,(H2,21,22,23). The van der Waals surface area contributed by atoms with Crippen molar-refractivity contribution in [2.24, 2.45) is 0 Å². The minimum Gasteiger partial charge on any atom is -0.458 e. The number of amides is 2. The Balaban J connectivity index is 1.55. The summed E-state index contributed by atoms with van der Waals surface area (Å²) in [5, 5.41) is 16.7. The van der Waals surface area contributed by atoms with Crippen LogP contribution in [-0.2, 0) is 12.1 Å². The maximum Gasteiger partial charge on any atom is 0.315 e. The first-order valence-corrected chi connectivity index (χ1v) is 7.92. The van der Waals surface area contributed by atoms with E-state index in [-0.39, 0.29) is 18.9 Å². The molecule has 0 aliphatic heterocycles. The molecule has 5 nitrogen and oxygen atoms in total. The number of rotatable bonds is 5. The highest BCUT2D eigenvalue weighted by atomic mass is 19.1. The zero-order valence-corrected chi connectivity index (χ0v) is 13.8. The van der Waals surface area contributed by atoms with Crippen molar-refractivity contribution in [2.45, 2.75) is 19.1 Å². The van der Waals surface area contributed by atoms with E-state index < -0.39 is 11.6 Å². The Morgan fingerprint density at radius 2 is 1.88 bits per heavy atom. The van der Waals surface area contributed by atoms with Crippen molar-refractivity contribution >= 4 is 17.0 Å². The summed E-state index contributed by atoms with van der Waals surface area (Å²) in [6.07, 6.45) is 0. The Hall–Kier alpha value is -2.86. The van der Waals surface area contributed by atoms with E-state index in [1.54, 1.807) is 25.1 Å². The number of hydrogen-bond acceptors (Lipinski definition) is 3. The number of furan rings is 1. The van der Waals surface area contributed by atoms with Crippen LogP contribution in [-0.4, -0.2) is 17.7 Å². The molecule has 1 atom stereocenters. The van der Waals surface area contributed by atoms with Crippen molar-refractivity contribution < 1.29 is 18.7 Å². The second kappa shape index (κ2) is 6.94. The highest BCUT2D eigenvalue weighted by Crippen LogP contribution is 2.27. The first-order valence-electron chi connectivity index (χ1n) is 7.92. The topological polar surface area (TPSA) is 74.5 Å². The van der Waals surface area contributed by atoms with Gasteiger partial charge in [0.1, 0.15) is 22.8 Å². The molecule has 0 spiro atoms. The Bertz CT molecular complexity index is 839. The van der Waals surface area contributed by atoms with Gasteiger partial charge in [0.2, 0.25) is 0 Å². The van der Waals surface area contributed by atoms with Crippen LogP contribution in [0.3, 0.4) is 0 Å². The lowest BCUT2D eigenvalue weighted by atomic mass is 10.0. The SMILES string of the molecule is CC(O)(CNC(=O)NCc1ccc(F)cc1)c1cc2ccccc2o1. The number of hydrogen-bond donors (Lipinski definition) is 3. The summed E-state index contributed by atoms with van der Waals surface area (Å²) < 4.78 is 18.5. The summed E-state index contributed by atoms with van der Waals surface area (Å²) >= 11 is 0. The average Bonchev–Trinajstić information content (AvgIpc) is 3.05. The molecule has 0 saturated heterocycles. The zero-order chi connectivity index (χ0) is 17.9. The molecule has 1 heterocycles. The maximum atomic E-state index is 12.8. The fraction of sp³-hybridized carbons (Fsp3) is 0.211. The smallest absolute Gasteiger partial charge is 0.315 e. The maximum absolute atomic E-state index is 12.8. The average molecular weight is 342 g/mol. The second-order valence-electron chi connectivity index (χ2n) is 6.09. The minimum absolute atomic E-state index is 0.0118. The van der Waals surface area contributed by atoms with E-state index in [4.69, 9.17) is 4.42 Å². The number of para-hydroxylation sites is 1. The van der Waals surface area contributed by atoms with E-state index in [0.717, 1.165) is 10.9 Å². The molecule has 0 fully saturated rings. The molecule has 0 saturated carbocycles. The van der Waals surface area contributed by atoms with Gasteiger partial charge in [-0.3, -0.25) is 0 Å². The molecule has 3 rings (SSSR count). The number of fused-ring (bicyclic) bond motifs is 1. The molecule has 1 unspecified atom stereocenters. The number of nitrogens with one attached hydrogen (secondary N) is 2. The molecule has 6 heteroatoms. The third-order valence-corrected chi connectivity index (χ3v) is 3.92. The van der Waals surface area contributed by atoms with Gasteiger partial charge in [-0.15, -0.1) is 0 Å². The number of carbonyl (C=O) groups is 1. The second-order valence-corrected chi connectivity index (χ2v) is 6.09. The van der Waals surface area contributed by atoms with Crippen LogP contribution in [0.25, 0.3) is 11.0 Å². The number of halogens is 1. The normalized spacial score (nSPS) is 13.4. The number of urea groups is 1. The van der Waals surface area contributed by atoms with Crippen LogP contribution in [0.1, 0.15) is 18.2 Å². The summed E-state index contributed by atoms with van der Waals surface area (Å²) in [5.41, 5.74) is 0.116. The van der Waals surface area contributed by atoms with Gasteiger partial charge in [0.25, 0.3) is 0 Å². The Morgan fingerprint density at radius 1 is 1.16 bits per heavy atom. The summed E-state index contributed by atoms with van der Waals surface area (Å²) in [7, 11) is 0. The monoisotopic (exact) mass is 342 g/mol. The lowest BCUT2D eigenvalue weighted by Crippen LogP contribution is -2.43. The van der Waals surface area contributed by atoms with Crippen LogP contribution < -0.4 is 10.6 Å². The van der Waals surface area contributed by atoms with E-state index in [9.17, 15) is 14.3 Å². The van der Waals surface area contributed by atoms with Crippen molar-refractivity contribution in [2.75, 3.05) is 6.54 Å². The molecule has 0 aliphatic rings. The third-order valence-electron chi connectivity index (χ3n) is 3.92. The molecule has 1 aromatic heterocycles. The van der Waals surface area contributed by atoms with Crippen LogP contribution in [0.5, 0.6) is 0 Å². The van der Waals surface area contributed by atoms with E-state index in [1.165, 1.54) is 12.1 Å². The molecule has 3 aromatic rings. The highest BCUT2D eigenvalue weighted by Gasteiger charge is 2.28. The van der Waals surface area contributed by atoms with Gasteiger partial charge in [-0.2, -0.15) is 0 Å². The van der Waals surface area contributed by atoms with E-state index in [2.05, 4.69) is 10.6 Å². The molecule has 0 bridgehead atoms. The van der Waals surface area contributed by atoms with Crippen LogP contribution in [0.15, 0.2) is 59.0 Å². The van der Waals surface area contributed by atoms with Gasteiger partial charge in [-0.05, 0) is 36.8 Å². The van der Waals surface area contributed by atoms with Crippen molar-refractivity contribution in [1.29, 1.82) is 0 Å². The molecule has 3 N–H and O–H groups in total. The van der Waals surface area contributed by atoms with Gasteiger partial charge in [-0.1, -0.05) is 30.3 Å². The summed E-state index contributed by atoms with van der Waals surface area (Å²) in [4.78, 5) is 11.9. The lowest BCUT2D eigenvalue weighted by Gasteiger charge is -2.21. The predicted molar refractivity (Wildman–Crippen MR) is 92.4 cm³/mol. The summed E-state index contributed by atoms with van der Waals surface area (Å²) in [6, 6.07) is 14.6. The van der Waals surface area contributed by atoms with Crippen molar-refractivity contribution in [3.63, 3.8) is 0 Å². The minimum atomic E-state index is -1.34. The number of carbonyl (C=O) groups excluding carboxylic acids is 1. The molecular formula is C19H19FN2O3. The Kier molecular flexibility index (Phi) is 4.72. The van der Waals surface area contributed by atoms with Gasteiger partial charge in [0.05, 0.1) is 6.54 Å².